The third-order valence-corrected chi connectivity index (χ3v) is 4.79. The molecule has 23 heavy (non-hydrogen) atoms. The van der Waals surface area contributed by atoms with Crippen molar-refractivity contribution in [2.24, 2.45) is 0 Å². The molecular formula is C18H23N5. The molecule has 4 rings (SSSR count). The van der Waals surface area contributed by atoms with E-state index in [2.05, 4.69) is 44.5 Å². The Hall–Kier alpha value is -2.14. The first kappa shape index (κ1) is 14.5. The number of nitrogen functional groups attached to an aromatic ring is 1. The van der Waals surface area contributed by atoms with Crippen LogP contribution >= 0.6 is 0 Å². The Morgan fingerprint density at radius 1 is 1.00 bits per heavy atom. The molecule has 2 aliphatic rings. The largest absolute Gasteiger partial charge is 0.368 e. The molecule has 0 bridgehead atoms. The molecule has 1 aliphatic heterocycles. The van der Waals surface area contributed by atoms with Gasteiger partial charge in [-0.05, 0) is 37.8 Å². The van der Waals surface area contributed by atoms with Crippen LogP contribution in [0.1, 0.15) is 24.0 Å². The lowest BCUT2D eigenvalue weighted by molar-refractivity contribution is 0.724. The SMILES string of the molecule is Nc1nc2c(c(N3CCCNCC3)n1)CCCc1ccccc1-2. The smallest absolute Gasteiger partial charge is 0.222 e. The van der Waals surface area contributed by atoms with Crippen molar-refractivity contribution in [3.63, 3.8) is 0 Å². The summed E-state index contributed by atoms with van der Waals surface area (Å²) >= 11 is 0. The second-order valence-corrected chi connectivity index (χ2v) is 6.33. The Morgan fingerprint density at radius 3 is 2.87 bits per heavy atom. The number of fused-ring (bicyclic) bond motifs is 3. The van der Waals surface area contributed by atoms with Crippen LogP contribution in [-0.2, 0) is 12.8 Å². The molecule has 3 N–H and O–H groups in total. The average Bonchev–Trinajstić information content (AvgIpc) is 2.93. The van der Waals surface area contributed by atoms with Crippen molar-refractivity contribution < 1.29 is 0 Å². The number of aromatic nitrogens is 2. The fourth-order valence-electron chi connectivity index (χ4n) is 3.69. The lowest BCUT2D eigenvalue weighted by Gasteiger charge is -2.25. The molecule has 2 aromatic rings. The van der Waals surface area contributed by atoms with Gasteiger partial charge in [0.15, 0.2) is 0 Å². The lowest BCUT2D eigenvalue weighted by Crippen LogP contribution is -2.30. The van der Waals surface area contributed by atoms with Crippen LogP contribution in [0.3, 0.4) is 0 Å². The van der Waals surface area contributed by atoms with Crippen molar-refractivity contribution in [2.75, 3.05) is 36.8 Å². The number of hydrogen-bond acceptors (Lipinski definition) is 5. The summed E-state index contributed by atoms with van der Waals surface area (Å²) in [5.74, 6) is 1.43. The number of rotatable bonds is 1. The predicted octanol–water partition coefficient (Wildman–Crippen LogP) is 2.01. The van der Waals surface area contributed by atoms with Gasteiger partial charge in [-0.15, -0.1) is 0 Å². The summed E-state index contributed by atoms with van der Waals surface area (Å²) in [7, 11) is 0. The second kappa shape index (κ2) is 6.16. The van der Waals surface area contributed by atoms with Gasteiger partial charge in [0.05, 0.1) is 5.69 Å². The van der Waals surface area contributed by atoms with Gasteiger partial charge in [-0.2, -0.15) is 4.98 Å². The monoisotopic (exact) mass is 309 g/mol. The molecule has 5 nitrogen and oxygen atoms in total. The molecule has 1 aromatic heterocycles. The summed E-state index contributed by atoms with van der Waals surface area (Å²) < 4.78 is 0. The normalized spacial score (nSPS) is 17.8. The van der Waals surface area contributed by atoms with Crippen LogP contribution in [0.5, 0.6) is 0 Å². The minimum atomic E-state index is 0.382. The molecule has 2 heterocycles. The van der Waals surface area contributed by atoms with E-state index in [4.69, 9.17) is 5.73 Å². The van der Waals surface area contributed by atoms with Gasteiger partial charge in [0, 0.05) is 30.8 Å². The number of nitrogens with one attached hydrogen (secondary N) is 1. The molecule has 5 heteroatoms. The second-order valence-electron chi connectivity index (χ2n) is 6.33. The van der Waals surface area contributed by atoms with Gasteiger partial charge in [-0.3, -0.25) is 0 Å². The number of aryl methyl sites for hydroxylation is 1. The lowest BCUT2D eigenvalue weighted by atomic mass is 10.0. The zero-order chi connectivity index (χ0) is 15.6. The molecule has 1 aliphatic carbocycles. The predicted molar refractivity (Wildman–Crippen MR) is 93.6 cm³/mol. The minimum Gasteiger partial charge on any atom is -0.368 e. The molecule has 0 atom stereocenters. The van der Waals surface area contributed by atoms with Crippen LogP contribution in [-0.4, -0.2) is 36.1 Å². The van der Waals surface area contributed by atoms with Crippen LogP contribution in [0.2, 0.25) is 0 Å². The van der Waals surface area contributed by atoms with E-state index < -0.39 is 0 Å². The summed E-state index contributed by atoms with van der Waals surface area (Å²) in [6.07, 6.45) is 4.38. The standard InChI is InChI=1S/C18H23N5/c19-18-21-16-14-7-2-1-5-13(14)6-3-8-15(16)17(22-18)23-11-4-9-20-10-12-23/h1-2,5,7,20H,3-4,6,8-12H2,(H2,19,21,22). The Morgan fingerprint density at radius 2 is 1.91 bits per heavy atom. The van der Waals surface area contributed by atoms with Gasteiger partial charge in [-0.1, -0.05) is 24.3 Å². The highest BCUT2D eigenvalue weighted by Gasteiger charge is 2.23. The third kappa shape index (κ3) is 2.77. The quantitative estimate of drug-likeness (QED) is 0.843. The highest BCUT2D eigenvalue weighted by atomic mass is 15.2. The Labute approximate surface area is 136 Å². The van der Waals surface area contributed by atoms with Crippen molar-refractivity contribution in [2.45, 2.75) is 25.7 Å². The van der Waals surface area contributed by atoms with E-state index in [0.29, 0.717) is 5.95 Å². The first-order valence-corrected chi connectivity index (χ1v) is 8.53. The van der Waals surface area contributed by atoms with E-state index >= 15 is 0 Å². The van der Waals surface area contributed by atoms with Crippen molar-refractivity contribution in [1.29, 1.82) is 0 Å². The van der Waals surface area contributed by atoms with Gasteiger partial charge in [0.1, 0.15) is 5.82 Å². The number of benzene rings is 1. The van der Waals surface area contributed by atoms with Gasteiger partial charge in [-0.25, -0.2) is 4.98 Å². The Bertz CT molecular complexity index is 705. The van der Waals surface area contributed by atoms with E-state index in [1.165, 1.54) is 16.7 Å². The van der Waals surface area contributed by atoms with Crippen molar-refractivity contribution in [3.05, 3.63) is 35.4 Å². The summed E-state index contributed by atoms with van der Waals surface area (Å²) in [5.41, 5.74) is 11.0. The number of nitrogens with zero attached hydrogens (tertiary/aromatic N) is 3. The van der Waals surface area contributed by atoms with Crippen LogP contribution < -0.4 is 16.0 Å². The molecule has 0 spiro atoms. The maximum absolute atomic E-state index is 6.07. The number of hydrogen-bond donors (Lipinski definition) is 2. The van der Waals surface area contributed by atoms with Gasteiger partial charge < -0.3 is 16.0 Å². The number of nitrogens with two attached hydrogens (primary N) is 1. The van der Waals surface area contributed by atoms with Crippen molar-refractivity contribution in [3.8, 4) is 11.3 Å². The summed E-state index contributed by atoms with van der Waals surface area (Å²) in [6, 6.07) is 8.56. The van der Waals surface area contributed by atoms with Gasteiger partial charge in [0.2, 0.25) is 5.95 Å². The molecule has 1 aromatic carbocycles. The highest BCUT2D eigenvalue weighted by Crippen LogP contribution is 2.35. The van der Waals surface area contributed by atoms with Gasteiger partial charge >= 0.3 is 0 Å². The summed E-state index contributed by atoms with van der Waals surface area (Å²) in [5, 5.41) is 3.45. The molecule has 120 valence electrons. The molecule has 1 fully saturated rings. The zero-order valence-corrected chi connectivity index (χ0v) is 13.4. The zero-order valence-electron chi connectivity index (χ0n) is 13.4. The summed E-state index contributed by atoms with van der Waals surface area (Å²) in [6.45, 7) is 4.07. The highest BCUT2D eigenvalue weighted by molar-refractivity contribution is 5.74. The third-order valence-electron chi connectivity index (χ3n) is 4.79. The molecule has 0 saturated carbocycles. The van der Waals surface area contributed by atoms with Crippen LogP contribution in [0.25, 0.3) is 11.3 Å². The Kier molecular flexibility index (Phi) is 3.87. The maximum atomic E-state index is 6.07. The van der Waals surface area contributed by atoms with Gasteiger partial charge in [0.25, 0.3) is 0 Å². The van der Waals surface area contributed by atoms with Crippen molar-refractivity contribution in [1.82, 2.24) is 15.3 Å². The van der Waals surface area contributed by atoms with E-state index in [1.54, 1.807) is 0 Å². The van der Waals surface area contributed by atoms with Crippen LogP contribution in [0.4, 0.5) is 11.8 Å². The topological polar surface area (TPSA) is 67.1 Å². The molecular weight excluding hydrogens is 286 g/mol. The van der Waals surface area contributed by atoms with E-state index in [0.717, 1.165) is 63.4 Å². The van der Waals surface area contributed by atoms with E-state index in [9.17, 15) is 0 Å². The van der Waals surface area contributed by atoms with E-state index in [1.807, 2.05) is 0 Å². The minimum absolute atomic E-state index is 0.382. The van der Waals surface area contributed by atoms with Crippen LogP contribution in [0, 0.1) is 0 Å². The summed E-state index contributed by atoms with van der Waals surface area (Å²) in [4.78, 5) is 11.6. The van der Waals surface area contributed by atoms with E-state index in [-0.39, 0.29) is 0 Å². The Balaban J connectivity index is 1.85. The first-order valence-electron chi connectivity index (χ1n) is 8.53. The maximum Gasteiger partial charge on any atom is 0.222 e. The molecule has 0 amide bonds. The number of anilines is 2. The molecule has 0 unspecified atom stereocenters. The fourth-order valence-corrected chi connectivity index (χ4v) is 3.69. The first-order chi connectivity index (χ1) is 11.3. The van der Waals surface area contributed by atoms with Crippen molar-refractivity contribution >= 4 is 11.8 Å². The molecule has 0 radical (unpaired) electrons. The fraction of sp³-hybridized carbons (Fsp3) is 0.444. The average molecular weight is 309 g/mol. The van der Waals surface area contributed by atoms with Crippen LogP contribution in [0.15, 0.2) is 24.3 Å². The molecule has 1 saturated heterocycles.